The minimum absolute atomic E-state index is 0.139. The SMILES string of the molecule is O=C(O)c1cc(C(=O)O)cc(N(c2ccc([N+](=O)[O-])cc2)c2ccc([N+](=O)[O-])cc2)c1. The number of benzene rings is 3. The van der Waals surface area contributed by atoms with Gasteiger partial charge in [0.2, 0.25) is 0 Å². The van der Waals surface area contributed by atoms with Crippen molar-refractivity contribution in [2.45, 2.75) is 0 Å². The monoisotopic (exact) mass is 423 g/mol. The first kappa shape index (κ1) is 20.9. The Morgan fingerprint density at radius 2 is 1.00 bits per heavy atom. The highest BCUT2D eigenvalue weighted by atomic mass is 16.6. The van der Waals surface area contributed by atoms with Gasteiger partial charge in [-0.25, -0.2) is 9.59 Å². The van der Waals surface area contributed by atoms with Gasteiger partial charge in [0, 0.05) is 41.3 Å². The number of nitro benzene ring substituents is 2. The predicted octanol–water partition coefficient (Wildman–Crippen LogP) is 4.37. The zero-order valence-electron chi connectivity index (χ0n) is 15.5. The van der Waals surface area contributed by atoms with Gasteiger partial charge in [-0.3, -0.25) is 20.2 Å². The zero-order valence-corrected chi connectivity index (χ0v) is 15.5. The summed E-state index contributed by atoms with van der Waals surface area (Å²) in [6.07, 6.45) is 0. The first-order chi connectivity index (χ1) is 14.7. The third kappa shape index (κ3) is 4.45. The molecule has 0 aliphatic carbocycles. The molecule has 0 spiro atoms. The van der Waals surface area contributed by atoms with E-state index < -0.39 is 21.8 Å². The van der Waals surface area contributed by atoms with E-state index in [-0.39, 0.29) is 28.2 Å². The van der Waals surface area contributed by atoms with Crippen LogP contribution in [-0.4, -0.2) is 32.0 Å². The van der Waals surface area contributed by atoms with Crippen LogP contribution in [0.15, 0.2) is 66.7 Å². The highest BCUT2D eigenvalue weighted by Crippen LogP contribution is 2.37. The van der Waals surface area contributed by atoms with Gasteiger partial charge in [-0.1, -0.05) is 0 Å². The predicted molar refractivity (Wildman–Crippen MR) is 108 cm³/mol. The van der Waals surface area contributed by atoms with Crippen LogP contribution < -0.4 is 4.90 Å². The van der Waals surface area contributed by atoms with Crippen molar-refractivity contribution < 1.29 is 29.6 Å². The number of carboxylic acids is 2. The van der Waals surface area contributed by atoms with Crippen molar-refractivity contribution in [3.63, 3.8) is 0 Å². The van der Waals surface area contributed by atoms with Crippen molar-refractivity contribution in [1.82, 2.24) is 0 Å². The van der Waals surface area contributed by atoms with E-state index in [4.69, 9.17) is 0 Å². The van der Waals surface area contributed by atoms with E-state index in [0.717, 1.165) is 6.07 Å². The third-order valence-corrected chi connectivity index (χ3v) is 4.31. The maximum atomic E-state index is 11.5. The fourth-order valence-corrected chi connectivity index (χ4v) is 2.88. The van der Waals surface area contributed by atoms with Crippen LogP contribution in [0.3, 0.4) is 0 Å². The van der Waals surface area contributed by atoms with Crippen LogP contribution in [0.4, 0.5) is 28.4 Å². The maximum Gasteiger partial charge on any atom is 0.335 e. The van der Waals surface area contributed by atoms with E-state index in [1.807, 2.05) is 0 Å². The Bertz CT molecular complexity index is 1100. The summed E-state index contributed by atoms with van der Waals surface area (Å²) in [5, 5.41) is 40.7. The minimum Gasteiger partial charge on any atom is -0.478 e. The Kier molecular flexibility index (Phi) is 5.59. The molecule has 11 heteroatoms. The van der Waals surface area contributed by atoms with Crippen LogP contribution in [0.1, 0.15) is 20.7 Å². The molecule has 3 aromatic carbocycles. The first-order valence-electron chi connectivity index (χ1n) is 8.58. The van der Waals surface area contributed by atoms with E-state index in [0.29, 0.717) is 11.4 Å². The molecular formula is C20H13N3O8. The van der Waals surface area contributed by atoms with Gasteiger partial charge in [0.25, 0.3) is 11.4 Å². The van der Waals surface area contributed by atoms with E-state index in [2.05, 4.69) is 0 Å². The molecule has 2 N–H and O–H groups in total. The highest BCUT2D eigenvalue weighted by molar-refractivity contribution is 5.96. The normalized spacial score (nSPS) is 10.3. The number of carboxylic acid groups (broad SMARTS) is 2. The Balaban J connectivity index is 2.22. The van der Waals surface area contributed by atoms with Crippen molar-refractivity contribution in [2.75, 3.05) is 4.90 Å². The van der Waals surface area contributed by atoms with Crippen LogP contribution >= 0.6 is 0 Å². The molecule has 0 saturated heterocycles. The van der Waals surface area contributed by atoms with Crippen LogP contribution in [0.5, 0.6) is 0 Å². The Hall–Kier alpha value is -4.80. The van der Waals surface area contributed by atoms with Gasteiger partial charge in [-0.2, -0.15) is 0 Å². The van der Waals surface area contributed by atoms with Crippen molar-refractivity contribution in [3.8, 4) is 0 Å². The van der Waals surface area contributed by atoms with E-state index in [1.54, 1.807) is 0 Å². The van der Waals surface area contributed by atoms with Gasteiger partial charge in [0.15, 0.2) is 0 Å². The number of rotatable bonds is 7. The van der Waals surface area contributed by atoms with Crippen LogP contribution in [0.2, 0.25) is 0 Å². The molecule has 0 fully saturated rings. The van der Waals surface area contributed by atoms with Crippen molar-refractivity contribution >= 4 is 40.4 Å². The molecule has 31 heavy (non-hydrogen) atoms. The molecular weight excluding hydrogens is 410 g/mol. The van der Waals surface area contributed by atoms with Crippen molar-refractivity contribution in [1.29, 1.82) is 0 Å². The number of non-ortho nitro benzene ring substituents is 2. The molecule has 3 rings (SSSR count). The molecule has 0 aliphatic rings. The lowest BCUT2D eigenvalue weighted by atomic mass is 10.1. The number of hydrogen-bond acceptors (Lipinski definition) is 7. The largest absolute Gasteiger partial charge is 0.478 e. The summed E-state index contributed by atoms with van der Waals surface area (Å²) in [7, 11) is 0. The number of anilines is 3. The van der Waals surface area contributed by atoms with E-state index in [1.165, 1.54) is 65.6 Å². The van der Waals surface area contributed by atoms with Crippen molar-refractivity contribution in [2.24, 2.45) is 0 Å². The summed E-state index contributed by atoms with van der Waals surface area (Å²) in [6.45, 7) is 0. The van der Waals surface area contributed by atoms with E-state index in [9.17, 15) is 40.0 Å². The quantitative estimate of drug-likeness (QED) is 0.414. The summed E-state index contributed by atoms with van der Waals surface area (Å²) >= 11 is 0. The second kappa shape index (κ2) is 8.29. The number of carbonyl (C=O) groups is 2. The van der Waals surface area contributed by atoms with Gasteiger partial charge in [0.1, 0.15) is 0 Å². The number of aromatic carboxylic acids is 2. The number of nitrogens with zero attached hydrogens (tertiary/aromatic N) is 3. The summed E-state index contributed by atoms with van der Waals surface area (Å²) in [5.74, 6) is -2.70. The lowest BCUT2D eigenvalue weighted by Gasteiger charge is -2.26. The molecule has 11 nitrogen and oxygen atoms in total. The maximum absolute atomic E-state index is 11.5. The lowest BCUT2D eigenvalue weighted by molar-refractivity contribution is -0.385. The third-order valence-electron chi connectivity index (χ3n) is 4.31. The summed E-state index contributed by atoms with van der Waals surface area (Å²) < 4.78 is 0. The van der Waals surface area contributed by atoms with Gasteiger partial charge < -0.3 is 15.1 Å². The fraction of sp³-hybridized carbons (Fsp3) is 0. The minimum atomic E-state index is -1.35. The van der Waals surface area contributed by atoms with Gasteiger partial charge in [-0.05, 0) is 42.5 Å². The second-order valence-electron chi connectivity index (χ2n) is 6.26. The molecule has 0 bridgehead atoms. The lowest BCUT2D eigenvalue weighted by Crippen LogP contribution is -2.13. The molecule has 0 atom stereocenters. The number of hydrogen-bond donors (Lipinski definition) is 2. The second-order valence-corrected chi connectivity index (χ2v) is 6.26. The molecule has 3 aromatic rings. The highest BCUT2D eigenvalue weighted by Gasteiger charge is 2.19. The Morgan fingerprint density at radius 1 is 0.645 bits per heavy atom. The Morgan fingerprint density at radius 3 is 1.29 bits per heavy atom. The summed E-state index contributed by atoms with van der Waals surface area (Å²) in [6, 6.07) is 14.0. The topological polar surface area (TPSA) is 164 Å². The zero-order chi connectivity index (χ0) is 22.7. The summed E-state index contributed by atoms with van der Waals surface area (Å²) in [4.78, 5) is 45.2. The average Bonchev–Trinajstić information content (AvgIpc) is 2.74. The first-order valence-corrected chi connectivity index (χ1v) is 8.58. The molecule has 0 aliphatic heterocycles. The molecule has 0 radical (unpaired) electrons. The molecule has 156 valence electrons. The van der Waals surface area contributed by atoms with Gasteiger partial charge in [0.05, 0.1) is 21.0 Å². The average molecular weight is 423 g/mol. The van der Waals surface area contributed by atoms with Crippen LogP contribution in [0, 0.1) is 20.2 Å². The van der Waals surface area contributed by atoms with Crippen LogP contribution in [0.25, 0.3) is 0 Å². The van der Waals surface area contributed by atoms with Gasteiger partial charge >= 0.3 is 11.9 Å². The summed E-state index contributed by atoms with van der Waals surface area (Å²) in [5.41, 5.74) is -0.111. The van der Waals surface area contributed by atoms with Crippen LogP contribution in [-0.2, 0) is 0 Å². The van der Waals surface area contributed by atoms with Gasteiger partial charge in [-0.15, -0.1) is 0 Å². The van der Waals surface area contributed by atoms with Crippen molar-refractivity contribution in [3.05, 3.63) is 98.1 Å². The standard InChI is InChI=1S/C20H13N3O8/c24-19(25)12-9-13(20(26)27)11-18(10-12)21(14-1-5-16(6-2-14)22(28)29)15-3-7-17(8-4-15)23(30)31/h1-11H,(H,24,25)(H,26,27). The number of nitro groups is 2. The Labute approximate surface area is 173 Å². The molecule has 0 saturated carbocycles. The smallest absolute Gasteiger partial charge is 0.335 e. The molecule has 0 aromatic heterocycles. The van der Waals surface area contributed by atoms with E-state index >= 15 is 0 Å². The molecule has 0 unspecified atom stereocenters. The molecule has 0 amide bonds. The fourth-order valence-electron chi connectivity index (χ4n) is 2.88. The molecule has 0 heterocycles.